The quantitative estimate of drug-likeness (QED) is 0.452. The summed E-state index contributed by atoms with van der Waals surface area (Å²) in [5.41, 5.74) is 0. The highest BCUT2D eigenvalue weighted by molar-refractivity contribution is 5.66. The minimum Gasteiger partial charge on any atom is -0.481 e. The summed E-state index contributed by atoms with van der Waals surface area (Å²) >= 11 is 0. The van der Waals surface area contributed by atoms with Gasteiger partial charge in [-0.3, -0.25) is 4.79 Å². The monoisotopic (exact) mass is 235 g/mol. The zero-order valence-electron chi connectivity index (χ0n) is 20.0. The van der Waals surface area contributed by atoms with E-state index in [4.69, 9.17) is 20.2 Å². The Hall–Kier alpha value is -1.05. The summed E-state index contributed by atoms with van der Waals surface area (Å²) in [6.07, 6.45) is -7.38. The molecule has 0 aromatic rings. The minimum atomic E-state index is -3.65. The highest BCUT2D eigenvalue weighted by Gasteiger charge is 1.92. The maximum absolute atomic E-state index is 10.3. The second-order valence-electron chi connectivity index (χ2n) is 2.91. The summed E-state index contributed by atoms with van der Waals surface area (Å²) in [7, 11) is 0. The first-order valence-corrected chi connectivity index (χ1v) is 4.96. The maximum atomic E-state index is 10.3. The third-order valence-electron chi connectivity index (χ3n) is 1.60. The second kappa shape index (κ2) is 12.0. The molecule has 0 amide bonds. The largest absolute Gasteiger partial charge is 0.481 e. The molecule has 0 atom stereocenters. The van der Waals surface area contributed by atoms with Crippen LogP contribution in [0.1, 0.15) is 73.1 Å². The van der Waals surface area contributed by atoms with E-state index in [2.05, 4.69) is 0 Å². The van der Waals surface area contributed by atoms with E-state index in [0.29, 0.717) is 12.8 Å². The zero-order chi connectivity index (χ0) is 21.7. The molecule has 0 aliphatic carbocycles. The summed E-state index contributed by atoms with van der Waals surface area (Å²) in [5, 5.41) is 8.49. The van der Waals surface area contributed by atoms with Crippen LogP contribution in [0.15, 0.2) is 24.3 Å². The topological polar surface area (TPSA) is 37.3 Å². The van der Waals surface area contributed by atoms with Crippen molar-refractivity contribution in [2.75, 3.05) is 0 Å². The molecule has 0 aromatic carbocycles. The Morgan fingerprint density at radius 1 is 1.31 bits per heavy atom. The number of hydrogen-bond acceptors (Lipinski definition) is 1. The fraction of sp³-hybridized carbons (Fsp3) is 0.643. The summed E-state index contributed by atoms with van der Waals surface area (Å²) < 4.78 is 82.9. The van der Waals surface area contributed by atoms with Gasteiger partial charge in [-0.1, -0.05) is 43.9 Å². The van der Waals surface area contributed by atoms with E-state index in [1.807, 2.05) is 0 Å². The predicted octanol–water partition coefficient (Wildman–Crippen LogP) is 4.32. The first-order valence-electron chi connectivity index (χ1n) is 10.5. The molecule has 0 saturated carbocycles. The van der Waals surface area contributed by atoms with Crippen molar-refractivity contribution in [1.82, 2.24) is 0 Å². The average Bonchev–Trinajstić information content (AvgIpc) is 2.47. The van der Waals surface area contributed by atoms with Crippen LogP contribution in [0.4, 0.5) is 0 Å². The van der Waals surface area contributed by atoms with Gasteiger partial charge in [-0.25, -0.2) is 0 Å². The van der Waals surface area contributed by atoms with E-state index in [0.717, 1.165) is 6.08 Å². The highest BCUT2D eigenvalue weighted by atomic mass is 16.4. The molecule has 0 unspecified atom stereocenters. The third-order valence-corrected chi connectivity index (χ3v) is 1.60. The van der Waals surface area contributed by atoms with E-state index < -0.39 is 38.3 Å². The van der Waals surface area contributed by atoms with Crippen molar-refractivity contribution in [3.8, 4) is 0 Å². The van der Waals surface area contributed by atoms with Crippen LogP contribution < -0.4 is 0 Å². The Morgan fingerprint density at radius 2 is 2.12 bits per heavy atom. The van der Waals surface area contributed by atoms with Gasteiger partial charge in [0.1, 0.15) is 0 Å². The van der Waals surface area contributed by atoms with E-state index in [1.165, 1.54) is 6.08 Å². The SMILES string of the molecule is [2H]C([2H])([2H])C([2H])([2H])C([2H])([2H])C([2H])([2H])C([2H])([2H])/C=C\C/C=C\CCCC(=O)O. The highest BCUT2D eigenvalue weighted by Crippen LogP contribution is 2.01. The van der Waals surface area contributed by atoms with Gasteiger partial charge in [0, 0.05) is 21.5 Å². The Kier molecular flexibility index (Phi) is 3.51. The number of hydrogen-bond donors (Lipinski definition) is 1. The van der Waals surface area contributed by atoms with Crippen molar-refractivity contribution in [2.24, 2.45) is 0 Å². The Labute approximate surface area is 115 Å². The smallest absolute Gasteiger partial charge is 0.303 e. The van der Waals surface area contributed by atoms with Crippen LogP contribution in [0.2, 0.25) is 0 Å². The lowest BCUT2D eigenvalue weighted by molar-refractivity contribution is -0.137. The van der Waals surface area contributed by atoms with E-state index >= 15 is 0 Å². The van der Waals surface area contributed by atoms with Gasteiger partial charge in [0.2, 0.25) is 0 Å². The molecule has 0 aliphatic rings. The van der Waals surface area contributed by atoms with Crippen molar-refractivity contribution in [1.29, 1.82) is 0 Å². The number of allylic oxidation sites excluding steroid dienone is 4. The fourth-order valence-electron chi connectivity index (χ4n) is 0.900. The second-order valence-corrected chi connectivity index (χ2v) is 2.91. The minimum absolute atomic E-state index is 0.0174. The summed E-state index contributed by atoms with van der Waals surface area (Å²) in [5.74, 6) is -0.912. The Balaban J connectivity index is 5.16. The number of carboxylic acid groups (broad SMARTS) is 1. The van der Waals surface area contributed by atoms with Gasteiger partial charge in [-0.05, 0) is 32.0 Å². The molecule has 2 nitrogen and oxygen atoms in total. The van der Waals surface area contributed by atoms with Crippen molar-refractivity contribution >= 4 is 5.97 Å². The van der Waals surface area contributed by atoms with Gasteiger partial charge in [0.15, 0.2) is 0 Å². The molecule has 0 heterocycles. The molecule has 0 rings (SSSR count). The van der Waals surface area contributed by atoms with Crippen LogP contribution >= 0.6 is 0 Å². The number of carboxylic acids is 1. The normalized spacial score (nSPS) is 26.1. The summed E-state index contributed by atoms with van der Waals surface area (Å²) in [4.78, 5) is 10.3. The van der Waals surface area contributed by atoms with Crippen molar-refractivity contribution in [2.45, 2.75) is 58.0 Å². The molecule has 16 heavy (non-hydrogen) atoms. The fourth-order valence-corrected chi connectivity index (χ4v) is 0.900. The van der Waals surface area contributed by atoms with Crippen LogP contribution in [0.3, 0.4) is 0 Å². The van der Waals surface area contributed by atoms with Crippen molar-refractivity contribution in [3.63, 3.8) is 0 Å². The molecule has 0 bridgehead atoms. The van der Waals surface area contributed by atoms with Crippen molar-refractivity contribution < 1.29 is 25.0 Å². The van der Waals surface area contributed by atoms with Crippen LogP contribution in [0, 0.1) is 0 Å². The molecule has 1 N–H and O–H groups in total. The maximum Gasteiger partial charge on any atom is 0.303 e. The molecule has 0 spiro atoms. The van der Waals surface area contributed by atoms with Gasteiger partial charge in [0.25, 0.3) is 0 Å². The number of rotatable bonds is 10. The lowest BCUT2D eigenvalue weighted by atomic mass is 10.2. The van der Waals surface area contributed by atoms with E-state index in [1.54, 1.807) is 12.2 Å². The first kappa shape index (κ1) is 4.67. The van der Waals surface area contributed by atoms with E-state index in [9.17, 15) is 4.79 Å². The van der Waals surface area contributed by atoms with Gasteiger partial charge < -0.3 is 5.11 Å². The van der Waals surface area contributed by atoms with Crippen LogP contribution in [-0.4, -0.2) is 11.1 Å². The molecule has 0 radical (unpaired) electrons. The number of aliphatic carboxylic acids is 1. The van der Waals surface area contributed by atoms with Gasteiger partial charge in [-0.15, -0.1) is 0 Å². The van der Waals surface area contributed by atoms with Gasteiger partial charge in [0.05, 0.1) is 0 Å². The van der Waals surface area contributed by atoms with Crippen LogP contribution in [-0.2, 0) is 4.79 Å². The first-order chi connectivity index (χ1) is 11.9. The molecule has 0 aromatic heterocycles. The zero-order valence-corrected chi connectivity index (χ0v) is 8.99. The lowest BCUT2D eigenvalue weighted by Gasteiger charge is -1.91. The molecule has 0 saturated heterocycles. The average molecular weight is 235 g/mol. The Morgan fingerprint density at radius 3 is 2.88 bits per heavy atom. The van der Waals surface area contributed by atoms with Crippen molar-refractivity contribution in [3.05, 3.63) is 24.3 Å². The van der Waals surface area contributed by atoms with Gasteiger partial charge >= 0.3 is 5.97 Å². The molecule has 92 valence electrons. The standard InChI is InChI=1S/C14H24O2/c1-2-3-4-5-6-7-8-9-10-11-12-13-14(15)16/h6-7,9-10H,2-5,8,11-13H2,1H3,(H,15,16)/b7-6-,10-9-/i1D3,2D2,3D2,4D2,5D2. The molecular formula is C14H24O2. The third kappa shape index (κ3) is 12.9. The molecule has 2 heteroatoms. The van der Waals surface area contributed by atoms with E-state index in [-0.39, 0.29) is 12.8 Å². The molecule has 0 aliphatic heterocycles. The molecular weight excluding hydrogens is 200 g/mol. The number of carbonyl (C=O) groups is 1. The Bertz CT molecular complexity index is 562. The van der Waals surface area contributed by atoms with Gasteiger partial charge in [-0.2, -0.15) is 0 Å². The number of unbranched alkanes of at least 4 members (excludes halogenated alkanes) is 1. The van der Waals surface area contributed by atoms with Crippen LogP contribution in [0.25, 0.3) is 0 Å². The molecule has 0 fully saturated rings. The summed E-state index contributed by atoms with van der Waals surface area (Å²) in [6.45, 7) is -3.48. The van der Waals surface area contributed by atoms with Crippen LogP contribution in [0.5, 0.6) is 0 Å². The summed E-state index contributed by atoms with van der Waals surface area (Å²) in [6, 6.07) is 0. The predicted molar refractivity (Wildman–Crippen MR) is 68.5 cm³/mol. The lowest BCUT2D eigenvalue weighted by Crippen LogP contribution is -1.92.